The molecule has 1 saturated heterocycles. The Balaban J connectivity index is 1.51. The number of benzene rings is 2. The second-order valence-corrected chi connectivity index (χ2v) is 8.58. The number of amides is 4. The lowest BCUT2D eigenvalue weighted by Crippen LogP contribution is -2.42. The predicted octanol–water partition coefficient (Wildman–Crippen LogP) is 3.64. The fraction of sp³-hybridized carbons (Fsp3) is 0.280. The third kappa shape index (κ3) is 4.09. The summed E-state index contributed by atoms with van der Waals surface area (Å²) >= 11 is 0. The molecule has 2 fully saturated rings. The molecule has 4 amide bonds. The maximum Gasteiger partial charge on any atom is 0.325 e. The number of rotatable bonds is 4. The number of imide groups is 1. The first-order valence-electron chi connectivity index (χ1n) is 11.1. The highest BCUT2D eigenvalue weighted by Crippen LogP contribution is 2.44. The maximum atomic E-state index is 13.6. The lowest BCUT2D eigenvalue weighted by Gasteiger charge is -2.30. The highest BCUT2D eigenvalue weighted by molar-refractivity contribution is 6.09. The third-order valence-electron chi connectivity index (χ3n) is 6.41. The van der Waals surface area contributed by atoms with Crippen molar-refractivity contribution in [2.75, 3.05) is 13.1 Å². The molecule has 1 saturated carbocycles. The van der Waals surface area contributed by atoms with Crippen LogP contribution in [0.1, 0.15) is 36.4 Å². The van der Waals surface area contributed by atoms with Gasteiger partial charge in [-0.05, 0) is 66.3 Å². The molecule has 1 aliphatic carbocycles. The van der Waals surface area contributed by atoms with Gasteiger partial charge >= 0.3 is 6.03 Å². The summed E-state index contributed by atoms with van der Waals surface area (Å²) in [6.45, 7) is -0.571. The van der Waals surface area contributed by atoms with E-state index in [-0.39, 0.29) is 24.1 Å². The summed E-state index contributed by atoms with van der Waals surface area (Å²) in [6, 6.07) is 11.0. The van der Waals surface area contributed by atoms with Crippen molar-refractivity contribution in [1.29, 1.82) is 0 Å². The Bertz CT molecular complexity index is 1190. The summed E-state index contributed by atoms with van der Waals surface area (Å²) in [7, 11) is 0. The summed E-state index contributed by atoms with van der Waals surface area (Å²) in [5, 5.41) is 8.41. The van der Waals surface area contributed by atoms with Gasteiger partial charge < -0.3 is 5.32 Å². The molecule has 0 radical (unpaired) electrons. The Hall–Kier alpha value is -3.88. The van der Waals surface area contributed by atoms with Gasteiger partial charge in [-0.1, -0.05) is 24.3 Å². The second kappa shape index (κ2) is 8.81. The van der Waals surface area contributed by atoms with Crippen LogP contribution in [-0.2, 0) is 9.59 Å². The Kier molecular flexibility index (Phi) is 5.69. The van der Waals surface area contributed by atoms with Crippen molar-refractivity contribution in [2.45, 2.75) is 25.3 Å². The van der Waals surface area contributed by atoms with E-state index in [1.54, 1.807) is 24.3 Å². The van der Waals surface area contributed by atoms with Crippen LogP contribution in [0.3, 0.4) is 0 Å². The van der Waals surface area contributed by atoms with Gasteiger partial charge in [0.1, 0.15) is 18.2 Å². The van der Waals surface area contributed by atoms with Crippen molar-refractivity contribution in [3.63, 3.8) is 0 Å². The summed E-state index contributed by atoms with van der Waals surface area (Å²) in [6.07, 6.45) is 4.33. The summed E-state index contributed by atoms with van der Waals surface area (Å²) in [5.41, 5.74) is 3.23. The van der Waals surface area contributed by atoms with Crippen molar-refractivity contribution in [2.24, 2.45) is 11.0 Å². The molecule has 0 bridgehead atoms. The Morgan fingerprint density at radius 3 is 2.38 bits per heavy atom. The molecule has 2 aromatic carbocycles. The van der Waals surface area contributed by atoms with Crippen molar-refractivity contribution < 1.29 is 23.2 Å². The van der Waals surface area contributed by atoms with E-state index in [0.29, 0.717) is 0 Å². The zero-order valence-corrected chi connectivity index (χ0v) is 18.2. The number of urea groups is 1. The van der Waals surface area contributed by atoms with E-state index < -0.39 is 30.4 Å². The Morgan fingerprint density at radius 2 is 1.74 bits per heavy atom. The van der Waals surface area contributed by atoms with Crippen molar-refractivity contribution in [3.8, 4) is 0 Å². The number of halogens is 2. The topological polar surface area (TPSA) is 82.1 Å². The van der Waals surface area contributed by atoms with Gasteiger partial charge in [-0.15, -0.1) is 0 Å². The number of nitrogens with one attached hydrogen (secondary N) is 1. The van der Waals surface area contributed by atoms with Crippen LogP contribution in [0.25, 0.3) is 6.08 Å². The highest BCUT2D eigenvalue weighted by atomic mass is 19.1. The molecule has 0 spiro atoms. The smallest absolute Gasteiger partial charge is 0.325 e. The van der Waals surface area contributed by atoms with Gasteiger partial charge in [0.25, 0.3) is 11.8 Å². The molecule has 2 aromatic rings. The van der Waals surface area contributed by atoms with Gasteiger partial charge in [0.05, 0.1) is 18.3 Å². The van der Waals surface area contributed by atoms with E-state index in [9.17, 15) is 23.2 Å². The molecule has 2 aliphatic heterocycles. The van der Waals surface area contributed by atoms with Gasteiger partial charge in [0, 0.05) is 5.92 Å². The first-order valence-corrected chi connectivity index (χ1v) is 11.1. The number of fused-ring (bicyclic) bond motifs is 1. The first-order chi connectivity index (χ1) is 16.4. The van der Waals surface area contributed by atoms with E-state index in [2.05, 4.69) is 10.4 Å². The molecule has 9 heteroatoms. The highest BCUT2D eigenvalue weighted by Gasteiger charge is 2.44. The monoisotopic (exact) mass is 464 g/mol. The Labute approximate surface area is 194 Å². The molecule has 174 valence electrons. The predicted molar refractivity (Wildman–Crippen MR) is 120 cm³/mol. The van der Waals surface area contributed by atoms with Crippen LogP contribution in [0.2, 0.25) is 0 Å². The largest absolute Gasteiger partial charge is 0.329 e. The number of hydrogen-bond donors (Lipinski definition) is 1. The zero-order valence-electron chi connectivity index (χ0n) is 18.2. The van der Waals surface area contributed by atoms with Crippen LogP contribution in [0.15, 0.2) is 59.2 Å². The lowest BCUT2D eigenvalue weighted by atomic mass is 9.77. The van der Waals surface area contributed by atoms with Crippen LogP contribution in [0.5, 0.6) is 0 Å². The lowest BCUT2D eigenvalue weighted by molar-refractivity contribution is -0.138. The fourth-order valence-corrected chi connectivity index (χ4v) is 4.78. The van der Waals surface area contributed by atoms with Crippen LogP contribution < -0.4 is 5.32 Å². The van der Waals surface area contributed by atoms with E-state index >= 15 is 0 Å². The van der Waals surface area contributed by atoms with Gasteiger partial charge in [0.15, 0.2) is 0 Å². The average Bonchev–Trinajstić information content (AvgIpc) is 3.37. The molecule has 2 atom stereocenters. The number of hydrogen-bond acceptors (Lipinski definition) is 4. The summed E-state index contributed by atoms with van der Waals surface area (Å²) < 4.78 is 27.0. The van der Waals surface area contributed by atoms with Crippen molar-refractivity contribution >= 4 is 29.6 Å². The van der Waals surface area contributed by atoms with Crippen LogP contribution in [0, 0.1) is 17.6 Å². The van der Waals surface area contributed by atoms with Crippen molar-refractivity contribution in [1.82, 2.24) is 15.2 Å². The maximum absolute atomic E-state index is 13.6. The van der Waals surface area contributed by atoms with E-state index in [4.69, 9.17) is 0 Å². The molecular weight excluding hydrogens is 442 g/mol. The molecular formula is C25H22F2N4O3. The standard InChI is InChI=1S/C25H22F2N4O3/c26-18-8-4-15(5-9-18)12-17-2-1-3-20-23(17)29-31(24(20)16-6-10-19(27)11-7-16)22(33)14-30-21(32)13-28-25(30)34/h4-12,20,24H,1-3,13-14H2,(H,28,34)/b17-12-. The molecule has 2 unspecified atom stereocenters. The molecule has 3 aliphatic rings. The number of allylic oxidation sites excluding steroid dienone is 1. The first kappa shape index (κ1) is 21.9. The van der Waals surface area contributed by atoms with E-state index in [0.717, 1.165) is 46.6 Å². The molecule has 34 heavy (non-hydrogen) atoms. The fourth-order valence-electron chi connectivity index (χ4n) is 4.78. The number of carbonyl (C=O) groups excluding carboxylic acids is 3. The third-order valence-corrected chi connectivity index (χ3v) is 6.41. The minimum Gasteiger partial charge on any atom is -0.329 e. The molecule has 5 rings (SSSR count). The summed E-state index contributed by atoms with van der Waals surface area (Å²) in [4.78, 5) is 38.2. The molecule has 7 nitrogen and oxygen atoms in total. The minimum absolute atomic E-state index is 0.127. The van der Waals surface area contributed by atoms with Crippen molar-refractivity contribution in [3.05, 3.63) is 76.9 Å². The Morgan fingerprint density at radius 1 is 1.06 bits per heavy atom. The molecule has 0 aromatic heterocycles. The second-order valence-electron chi connectivity index (χ2n) is 8.58. The normalized spacial score (nSPS) is 23.2. The van der Waals surface area contributed by atoms with Crippen LogP contribution in [-0.4, -0.2) is 46.6 Å². The van der Waals surface area contributed by atoms with Gasteiger partial charge in [0.2, 0.25) is 0 Å². The summed E-state index contributed by atoms with van der Waals surface area (Å²) in [5.74, 6) is -1.81. The zero-order chi connectivity index (χ0) is 23.8. The van der Waals surface area contributed by atoms with Gasteiger partial charge in [-0.3, -0.25) is 14.5 Å². The van der Waals surface area contributed by atoms with E-state index in [1.165, 1.54) is 29.3 Å². The number of hydrazone groups is 1. The number of carbonyl (C=O) groups is 3. The quantitative estimate of drug-likeness (QED) is 0.702. The van der Waals surface area contributed by atoms with Crippen LogP contribution in [0.4, 0.5) is 13.6 Å². The SMILES string of the molecule is O=C1CNC(=O)N1CC(=O)N1N=C2/C(=C\c3ccc(F)cc3)CCCC2C1c1ccc(F)cc1. The number of nitrogens with zero attached hydrogens (tertiary/aromatic N) is 3. The molecule has 2 heterocycles. The van der Waals surface area contributed by atoms with Gasteiger partial charge in [-0.25, -0.2) is 18.6 Å². The minimum atomic E-state index is -0.613. The average molecular weight is 464 g/mol. The van der Waals surface area contributed by atoms with E-state index in [1.807, 2.05) is 6.08 Å². The van der Waals surface area contributed by atoms with Crippen LogP contribution >= 0.6 is 0 Å². The molecule has 1 N–H and O–H groups in total. The van der Waals surface area contributed by atoms with Gasteiger partial charge in [-0.2, -0.15) is 5.10 Å².